The van der Waals surface area contributed by atoms with E-state index in [-0.39, 0.29) is 32.3 Å². The fourth-order valence-electron chi connectivity index (χ4n) is 2.80. The fraction of sp³-hybridized carbons (Fsp3) is 0.364. The number of carboxylic acid groups (broad SMARTS) is 2. The molecule has 2 aromatic heterocycles. The van der Waals surface area contributed by atoms with E-state index in [1.54, 1.807) is 33.1 Å². The SMILES string of the molecule is CCC[CH2][Sn+2][CH2]CCC.O=C([O-])c1cccc2[nH]nnc12.O=C([O-])c1cccc2[nH]nnc12. The maximum atomic E-state index is 10.5. The minimum Gasteiger partial charge on any atom is -0.545 e. The van der Waals surface area contributed by atoms with E-state index in [1.165, 1.54) is 37.8 Å². The van der Waals surface area contributed by atoms with Gasteiger partial charge in [0.15, 0.2) is 0 Å². The number of fused-ring (bicyclic) bond motifs is 2. The topological polar surface area (TPSA) is 163 Å². The van der Waals surface area contributed by atoms with Gasteiger partial charge in [-0.05, 0) is 12.1 Å². The van der Waals surface area contributed by atoms with Gasteiger partial charge < -0.3 is 19.8 Å². The molecule has 0 radical (unpaired) electrons. The van der Waals surface area contributed by atoms with Crippen molar-refractivity contribution in [3.63, 3.8) is 0 Å². The summed E-state index contributed by atoms with van der Waals surface area (Å²) >= 11 is 0.149. The molecule has 10 nitrogen and oxygen atoms in total. The normalized spacial score (nSPS) is 10.0. The van der Waals surface area contributed by atoms with Crippen molar-refractivity contribution in [1.29, 1.82) is 0 Å². The molecule has 0 unspecified atom stereocenters. The van der Waals surface area contributed by atoms with Crippen LogP contribution in [0.3, 0.4) is 0 Å². The zero-order valence-corrected chi connectivity index (χ0v) is 21.5. The van der Waals surface area contributed by atoms with Gasteiger partial charge in [-0.1, -0.05) is 34.7 Å². The van der Waals surface area contributed by atoms with Crippen LogP contribution in [0.5, 0.6) is 0 Å². The van der Waals surface area contributed by atoms with Crippen LogP contribution < -0.4 is 10.2 Å². The molecule has 0 aliphatic heterocycles. The number of carboxylic acids is 2. The number of rotatable bonds is 8. The van der Waals surface area contributed by atoms with E-state index >= 15 is 0 Å². The molecule has 33 heavy (non-hydrogen) atoms. The van der Waals surface area contributed by atoms with E-state index in [9.17, 15) is 19.8 Å². The van der Waals surface area contributed by atoms with Gasteiger partial charge in [0.1, 0.15) is 11.0 Å². The molecular weight excluding hydrogens is 531 g/mol. The molecule has 2 aromatic carbocycles. The van der Waals surface area contributed by atoms with Gasteiger partial charge in [0, 0.05) is 11.1 Å². The Kier molecular flexibility index (Phi) is 11.3. The van der Waals surface area contributed by atoms with Crippen LogP contribution in [0.4, 0.5) is 0 Å². The molecule has 11 heteroatoms. The number of nitrogens with one attached hydrogen (secondary N) is 2. The van der Waals surface area contributed by atoms with Crippen molar-refractivity contribution >= 4 is 55.1 Å². The molecule has 0 bridgehead atoms. The molecule has 0 saturated carbocycles. The van der Waals surface area contributed by atoms with Crippen molar-refractivity contribution in [2.24, 2.45) is 0 Å². The Morgan fingerprint density at radius 1 is 0.788 bits per heavy atom. The van der Waals surface area contributed by atoms with E-state index in [0.717, 1.165) is 0 Å². The summed E-state index contributed by atoms with van der Waals surface area (Å²) in [6, 6.07) is 9.46. The Morgan fingerprint density at radius 3 is 1.58 bits per heavy atom. The number of carbonyl (C=O) groups excluding carboxylic acids is 2. The van der Waals surface area contributed by atoms with Crippen LogP contribution in [0.15, 0.2) is 36.4 Å². The van der Waals surface area contributed by atoms with Crippen molar-refractivity contribution in [3.8, 4) is 0 Å². The summed E-state index contributed by atoms with van der Waals surface area (Å²) in [5.74, 6) is -2.48. The second-order valence-electron chi connectivity index (χ2n) is 7.06. The zero-order valence-electron chi connectivity index (χ0n) is 18.6. The number of carbonyl (C=O) groups is 2. The van der Waals surface area contributed by atoms with Crippen LogP contribution in [0.2, 0.25) is 8.87 Å². The standard InChI is InChI=1S/2C7H5N3O2.2C4H9.Sn/c2*11-7(12)4-2-1-3-5-6(4)9-10-8-5;2*1-3-4-2;/h2*1-3H,(H,11,12)(H,8,9,10);2*1,3-4H2,2H3;/q;;;;+2/p-2. The van der Waals surface area contributed by atoms with Gasteiger partial charge >= 0.3 is 69.5 Å². The Hall–Kier alpha value is -3.02. The Bertz CT molecular complexity index is 1070. The third-order valence-electron chi connectivity index (χ3n) is 4.57. The van der Waals surface area contributed by atoms with E-state index in [0.29, 0.717) is 22.1 Å². The molecule has 4 rings (SSSR count). The van der Waals surface area contributed by atoms with Crippen LogP contribution in [-0.2, 0) is 0 Å². The van der Waals surface area contributed by atoms with Gasteiger partial charge in [-0.3, -0.25) is 10.2 Å². The smallest absolute Gasteiger partial charge is 0.121 e. The number of aromatic carboxylic acids is 2. The van der Waals surface area contributed by atoms with E-state index in [4.69, 9.17) is 0 Å². The molecule has 0 aliphatic rings. The molecule has 4 aromatic rings. The van der Waals surface area contributed by atoms with Crippen molar-refractivity contribution in [2.45, 2.75) is 48.4 Å². The first-order chi connectivity index (χ1) is 16.0. The van der Waals surface area contributed by atoms with Crippen molar-refractivity contribution < 1.29 is 19.8 Å². The average molecular weight is 557 g/mol. The van der Waals surface area contributed by atoms with Crippen molar-refractivity contribution in [2.75, 3.05) is 0 Å². The maximum Gasteiger partial charge on any atom is 0.121 e. The third kappa shape index (κ3) is 8.12. The number of unbranched alkanes of at least 4 members (excludes halogenated alkanes) is 2. The van der Waals surface area contributed by atoms with Crippen LogP contribution in [-0.4, -0.2) is 63.9 Å². The maximum absolute atomic E-state index is 10.5. The van der Waals surface area contributed by atoms with Gasteiger partial charge in [-0.25, -0.2) is 0 Å². The number of hydrogen-bond donors (Lipinski definition) is 2. The van der Waals surface area contributed by atoms with Gasteiger partial charge in [0.25, 0.3) is 0 Å². The summed E-state index contributed by atoms with van der Waals surface area (Å²) < 4.78 is 3.25. The zero-order chi connectivity index (χ0) is 24.1. The minimum absolute atomic E-state index is 0.0567. The number of benzene rings is 2. The van der Waals surface area contributed by atoms with Gasteiger partial charge in [-0.2, -0.15) is 0 Å². The number of aromatic amines is 2. The summed E-state index contributed by atoms with van der Waals surface area (Å²) in [7, 11) is 0. The molecule has 2 heterocycles. The van der Waals surface area contributed by atoms with Crippen LogP contribution in [0.1, 0.15) is 60.2 Å². The van der Waals surface area contributed by atoms with Crippen LogP contribution in [0, 0.1) is 0 Å². The molecule has 0 aliphatic carbocycles. The molecule has 0 fully saturated rings. The largest absolute Gasteiger partial charge is 0.545 e. The molecular formula is C22H26N6O4Sn. The van der Waals surface area contributed by atoms with Crippen molar-refractivity contribution in [3.05, 3.63) is 47.5 Å². The second-order valence-corrected chi connectivity index (χ2v) is 11.3. The molecule has 2 N–H and O–H groups in total. The second kappa shape index (κ2) is 14.2. The summed E-state index contributed by atoms with van der Waals surface area (Å²) in [4.78, 5) is 21.0. The minimum atomic E-state index is -1.24. The summed E-state index contributed by atoms with van der Waals surface area (Å²) in [5, 5.41) is 40.3. The molecule has 172 valence electrons. The molecule has 0 spiro atoms. The number of hydrogen-bond acceptors (Lipinski definition) is 8. The number of nitrogens with zero attached hydrogens (tertiary/aromatic N) is 4. The third-order valence-corrected chi connectivity index (χ3v) is 8.60. The molecule has 0 saturated heterocycles. The van der Waals surface area contributed by atoms with E-state index in [2.05, 4.69) is 44.7 Å². The summed E-state index contributed by atoms with van der Waals surface area (Å²) in [6.45, 7) is 4.58. The first-order valence-electron chi connectivity index (χ1n) is 10.7. The quantitative estimate of drug-likeness (QED) is 0.245. The van der Waals surface area contributed by atoms with E-state index < -0.39 is 11.9 Å². The number of aromatic nitrogens is 6. The monoisotopic (exact) mass is 558 g/mol. The van der Waals surface area contributed by atoms with E-state index in [1.807, 2.05) is 0 Å². The first kappa shape index (κ1) is 26.2. The van der Waals surface area contributed by atoms with Gasteiger partial charge in [-0.15, -0.1) is 10.2 Å². The van der Waals surface area contributed by atoms with Gasteiger partial charge in [0.2, 0.25) is 0 Å². The molecule has 0 amide bonds. The first-order valence-corrected chi connectivity index (χ1v) is 14.8. The Balaban J connectivity index is 0.000000178. The summed E-state index contributed by atoms with van der Waals surface area (Å²) in [5.41, 5.74) is 1.96. The molecule has 0 atom stereocenters. The summed E-state index contributed by atoms with van der Waals surface area (Å²) in [6.07, 6.45) is 5.84. The van der Waals surface area contributed by atoms with Crippen molar-refractivity contribution in [1.82, 2.24) is 30.8 Å². The predicted molar refractivity (Wildman–Crippen MR) is 122 cm³/mol. The van der Waals surface area contributed by atoms with Crippen LogP contribution >= 0.6 is 0 Å². The number of H-pyrrole nitrogens is 2. The Morgan fingerprint density at radius 2 is 1.21 bits per heavy atom. The predicted octanol–water partition coefficient (Wildman–Crippen LogP) is 1.77. The average Bonchev–Trinajstić information content (AvgIpc) is 3.48. The Labute approximate surface area is 201 Å². The fourth-order valence-corrected chi connectivity index (χ4v) is 6.96. The van der Waals surface area contributed by atoms with Crippen LogP contribution in [0.25, 0.3) is 22.1 Å². The van der Waals surface area contributed by atoms with Gasteiger partial charge in [0.05, 0.1) is 23.0 Å².